The van der Waals surface area contributed by atoms with Gasteiger partial charge in [-0.2, -0.15) is 5.26 Å². The maximum atomic E-state index is 8.86. The second-order valence-electron chi connectivity index (χ2n) is 4.09. The molecule has 0 spiro atoms. The Morgan fingerprint density at radius 2 is 2.18 bits per heavy atom. The van der Waals surface area contributed by atoms with Crippen LogP contribution in [0.3, 0.4) is 0 Å². The third kappa shape index (κ3) is 2.83. The summed E-state index contributed by atoms with van der Waals surface area (Å²) in [6.45, 7) is 8.64. The van der Waals surface area contributed by atoms with Crippen LogP contribution in [0.4, 0.5) is 5.82 Å². The van der Waals surface area contributed by atoms with Crippen LogP contribution >= 0.6 is 0 Å². The lowest BCUT2D eigenvalue weighted by atomic mass is 10.2. The van der Waals surface area contributed by atoms with Crippen LogP contribution in [-0.4, -0.2) is 42.6 Å². The van der Waals surface area contributed by atoms with Gasteiger partial charge >= 0.3 is 0 Å². The smallest absolute Gasteiger partial charge is 0.129 e. The van der Waals surface area contributed by atoms with E-state index in [1.165, 1.54) is 0 Å². The fourth-order valence-electron chi connectivity index (χ4n) is 2.00. The molecule has 1 saturated heterocycles. The monoisotopic (exact) mass is 228 g/mol. The molecular formula is C13H16N4. The highest BCUT2D eigenvalue weighted by Crippen LogP contribution is 2.14. The largest absolute Gasteiger partial charge is 0.354 e. The topological polar surface area (TPSA) is 43.2 Å². The maximum Gasteiger partial charge on any atom is 0.129 e. The Hall–Kier alpha value is -1.86. The minimum absolute atomic E-state index is 0.670. The summed E-state index contributed by atoms with van der Waals surface area (Å²) in [7, 11) is 0. The van der Waals surface area contributed by atoms with Gasteiger partial charge in [0, 0.05) is 38.9 Å². The van der Waals surface area contributed by atoms with Crippen LogP contribution < -0.4 is 4.90 Å². The lowest BCUT2D eigenvalue weighted by molar-refractivity contribution is 0.283. The molecule has 1 aromatic heterocycles. The van der Waals surface area contributed by atoms with E-state index >= 15 is 0 Å². The van der Waals surface area contributed by atoms with Crippen molar-refractivity contribution >= 4 is 5.82 Å². The zero-order valence-electron chi connectivity index (χ0n) is 9.84. The summed E-state index contributed by atoms with van der Waals surface area (Å²) in [4.78, 5) is 8.90. The van der Waals surface area contributed by atoms with E-state index in [2.05, 4.69) is 27.4 Å². The highest BCUT2D eigenvalue weighted by molar-refractivity contribution is 5.45. The average molecular weight is 228 g/mol. The molecule has 0 aliphatic carbocycles. The third-order valence-electron chi connectivity index (χ3n) is 2.96. The first-order valence-corrected chi connectivity index (χ1v) is 5.78. The standard InChI is InChI=1S/C13H16N4/c1-2-5-16-6-8-17(9-7-16)13-10-12(11-14)3-4-15-13/h2-4,10H,1,5-9H2. The first-order chi connectivity index (χ1) is 8.33. The van der Waals surface area contributed by atoms with Crippen molar-refractivity contribution in [2.75, 3.05) is 37.6 Å². The van der Waals surface area contributed by atoms with E-state index in [-0.39, 0.29) is 0 Å². The Morgan fingerprint density at radius 1 is 1.41 bits per heavy atom. The summed E-state index contributed by atoms with van der Waals surface area (Å²) in [5, 5.41) is 8.86. The minimum Gasteiger partial charge on any atom is -0.354 e. The van der Waals surface area contributed by atoms with Gasteiger partial charge in [0.05, 0.1) is 11.6 Å². The first kappa shape index (κ1) is 11.6. The van der Waals surface area contributed by atoms with E-state index in [1.807, 2.05) is 12.1 Å². The maximum absolute atomic E-state index is 8.86. The van der Waals surface area contributed by atoms with Crippen molar-refractivity contribution in [3.63, 3.8) is 0 Å². The summed E-state index contributed by atoms with van der Waals surface area (Å²) in [5.41, 5.74) is 0.670. The van der Waals surface area contributed by atoms with E-state index in [0.29, 0.717) is 5.56 Å². The van der Waals surface area contributed by atoms with Crippen LogP contribution in [0.5, 0.6) is 0 Å². The first-order valence-electron chi connectivity index (χ1n) is 5.78. The van der Waals surface area contributed by atoms with E-state index in [0.717, 1.165) is 38.5 Å². The number of hydrogen-bond acceptors (Lipinski definition) is 4. The van der Waals surface area contributed by atoms with Gasteiger partial charge in [0.25, 0.3) is 0 Å². The van der Waals surface area contributed by atoms with E-state index in [4.69, 9.17) is 5.26 Å². The second kappa shape index (κ2) is 5.46. The molecule has 4 heteroatoms. The van der Waals surface area contributed by atoms with Crippen LogP contribution in [0.2, 0.25) is 0 Å². The Morgan fingerprint density at radius 3 is 2.82 bits per heavy atom. The second-order valence-corrected chi connectivity index (χ2v) is 4.09. The van der Waals surface area contributed by atoms with Crippen molar-refractivity contribution in [1.29, 1.82) is 5.26 Å². The molecule has 4 nitrogen and oxygen atoms in total. The van der Waals surface area contributed by atoms with Crippen molar-refractivity contribution in [2.45, 2.75) is 0 Å². The van der Waals surface area contributed by atoms with Crippen molar-refractivity contribution < 1.29 is 0 Å². The van der Waals surface area contributed by atoms with E-state index in [9.17, 15) is 0 Å². The molecule has 2 rings (SSSR count). The zero-order valence-corrected chi connectivity index (χ0v) is 9.84. The molecule has 88 valence electrons. The van der Waals surface area contributed by atoms with Gasteiger partial charge < -0.3 is 4.90 Å². The van der Waals surface area contributed by atoms with Crippen molar-refractivity contribution in [1.82, 2.24) is 9.88 Å². The molecular weight excluding hydrogens is 212 g/mol. The molecule has 2 heterocycles. The third-order valence-corrected chi connectivity index (χ3v) is 2.96. The molecule has 1 aromatic rings. The molecule has 1 fully saturated rings. The summed E-state index contributed by atoms with van der Waals surface area (Å²) < 4.78 is 0. The number of nitrogens with zero attached hydrogens (tertiary/aromatic N) is 4. The van der Waals surface area contributed by atoms with Crippen molar-refractivity contribution in [3.05, 3.63) is 36.5 Å². The molecule has 0 bridgehead atoms. The highest BCUT2D eigenvalue weighted by atomic mass is 15.3. The van der Waals surface area contributed by atoms with Crippen LogP contribution in [-0.2, 0) is 0 Å². The molecule has 0 saturated carbocycles. The van der Waals surface area contributed by atoms with Gasteiger partial charge in [-0.25, -0.2) is 4.98 Å². The zero-order chi connectivity index (χ0) is 12.1. The number of hydrogen-bond donors (Lipinski definition) is 0. The van der Waals surface area contributed by atoms with Gasteiger partial charge in [0.15, 0.2) is 0 Å². The fraction of sp³-hybridized carbons (Fsp3) is 0.385. The van der Waals surface area contributed by atoms with Gasteiger partial charge in [0.2, 0.25) is 0 Å². The van der Waals surface area contributed by atoms with Gasteiger partial charge in [-0.15, -0.1) is 6.58 Å². The SMILES string of the molecule is C=CCN1CCN(c2cc(C#N)ccn2)CC1. The normalized spacial score (nSPS) is 16.5. The summed E-state index contributed by atoms with van der Waals surface area (Å²) >= 11 is 0. The fourth-order valence-corrected chi connectivity index (χ4v) is 2.00. The van der Waals surface area contributed by atoms with E-state index in [1.54, 1.807) is 12.3 Å². The lowest BCUT2D eigenvalue weighted by Crippen LogP contribution is -2.46. The van der Waals surface area contributed by atoms with Crippen LogP contribution in [0.25, 0.3) is 0 Å². The van der Waals surface area contributed by atoms with Crippen molar-refractivity contribution in [2.24, 2.45) is 0 Å². The van der Waals surface area contributed by atoms with Gasteiger partial charge in [-0.05, 0) is 12.1 Å². The van der Waals surface area contributed by atoms with Crippen molar-refractivity contribution in [3.8, 4) is 6.07 Å². The molecule has 1 aliphatic rings. The highest BCUT2D eigenvalue weighted by Gasteiger charge is 2.16. The number of pyridine rings is 1. The molecule has 0 N–H and O–H groups in total. The minimum atomic E-state index is 0.670. The molecule has 0 aromatic carbocycles. The molecule has 0 amide bonds. The quantitative estimate of drug-likeness (QED) is 0.731. The summed E-state index contributed by atoms with van der Waals surface area (Å²) in [6, 6.07) is 5.73. The van der Waals surface area contributed by atoms with Gasteiger partial charge in [-0.1, -0.05) is 6.08 Å². The molecule has 1 aliphatic heterocycles. The Kier molecular flexibility index (Phi) is 3.73. The van der Waals surface area contributed by atoms with Gasteiger partial charge in [-0.3, -0.25) is 4.90 Å². The van der Waals surface area contributed by atoms with Crippen LogP contribution in [0.15, 0.2) is 31.0 Å². The number of anilines is 1. The average Bonchev–Trinajstić information content (AvgIpc) is 2.40. The van der Waals surface area contributed by atoms with Crippen LogP contribution in [0, 0.1) is 11.3 Å². The number of rotatable bonds is 3. The molecule has 0 atom stereocenters. The molecule has 0 radical (unpaired) electrons. The Labute approximate surface area is 102 Å². The summed E-state index contributed by atoms with van der Waals surface area (Å²) in [5.74, 6) is 0.905. The predicted octanol–water partition coefficient (Wildman–Crippen LogP) is 1.26. The lowest BCUT2D eigenvalue weighted by Gasteiger charge is -2.34. The number of piperazine rings is 1. The van der Waals surface area contributed by atoms with E-state index < -0.39 is 0 Å². The Balaban J connectivity index is 2.00. The van der Waals surface area contributed by atoms with Crippen LogP contribution in [0.1, 0.15) is 5.56 Å². The summed E-state index contributed by atoms with van der Waals surface area (Å²) in [6.07, 6.45) is 3.63. The van der Waals surface area contributed by atoms with Gasteiger partial charge in [0.1, 0.15) is 5.82 Å². The number of nitriles is 1. The number of aromatic nitrogens is 1. The Bertz CT molecular complexity index is 427. The predicted molar refractivity (Wildman–Crippen MR) is 67.8 cm³/mol. The molecule has 17 heavy (non-hydrogen) atoms. The molecule has 0 unspecified atom stereocenters.